The summed E-state index contributed by atoms with van der Waals surface area (Å²) in [5.41, 5.74) is 0.972. The first-order valence-electron chi connectivity index (χ1n) is 7.35. The number of rotatable bonds is 5. The maximum Gasteiger partial charge on any atom is 0.152 e. The molecule has 0 bridgehead atoms. The number of hydrogen-bond acceptors (Lipinski definition) is 6. The van der Waals surface area contributed by atoms with Gasteiger partial charge in [-0.15, -0.1) is 10.2 Å². The van der Waals surface area contributed by atoms with Gasteiger partial charge in [0.05, 0.1) is 24.6 Å². The topological polar surface area (TPSA) is 71.8 Å². The Labute approximate surface area is 124 Å². The lowest BCUT2D eigenvalue weighted by Crippen LogP contribution is -2.34. The van der Waals surface area contributed by atoms with Gasteiger partial charge >= 0.3 is 0 Å². The highest BCUT2D eigenvalue weighted by Crippen LogP contribution is 2.16. The highest BCUT2D eigenvalue weighted by Gasteiger charge is 2.18. The molecule has 7 heteroatoms. The van der Waals surface area contributed by atoms with E-state index in [9.17, 15) is 0 Å². The summed E-state index contributed by atoms with van der Waals surface area (Å²) in [7, 11) is 0. The molecule has 112 valence electrons. The zero-order valence-electron chi connectivity index (χ0n) is 12.5. The zero-order chi connectivity index (χ0) is 14.7. The highest BCUT2D eigenvalue weighted by molar-refractivity contribution is 5.36. The molecule has 2 aromatic heterocycles. The van der Waals surface area contributed by atoms with Crippen LogP contribution in [0.4, 0.5) is 5.82 Å². The number of nitrogens with zero attached hydrogens (tertiary/aromatic N) is 6. The quantitative estimate of drug-likeness (QED) is 0.878. The lowest BCUT2D eigenvalue weighted by atomic mass is 10.2. The summed E-state index contributed by atoms with van der Waals surface area (Å²) in [5.74, 6) is 2.52. The second kappa shape index (κ2) is 6.17. The Kier molecular flexibility index (Phi) is 4.10. The van der Waals surface area contributed by atoms with Crippen molar-refractivity contribution in [3.8, 4) is 0 Å². The van der Waals surface area contributed by atoms with Gasteiger partial charge < -0.3 is 14.8 Å². The first kappa shape index (κ1) is 13.9. The van der Waals surface area contributed by atoms with Crippen molar-refractivity contribution >= 4 is 5.82 Å². The predicted octanol–water partition coefficient (Wildman–Crippen LogP) is 0.834. The van der Waals surface area contributed by atoms with Gasteiger partial charge in [-0.25, -0.2) is 4.98 Å². The monoisotopic (exact) mass is 287 g/mol. The number of hydrogen-bond donors (Lipinski definition) is 1. The van der Waals surface area contributed by atoms with Crippen LogP contribution in [0.2, 0.25) is 0 Å². The van der Waals surface area contributed by atoms with E-state index in [0.29, 0.717) is 5.92 Å². The molecule has 3 heterocycles. The summed E-state index contributed by atoms with van der Waals surface area (Å²) < 4.78 is 2.08. The standard InChI is InChI=1S/C14H21N7/c1-11(2)5-15-6-12-7-17-13(8-16-12)20-3-4-21-10-18-19-14(21)9-20/h7-8,10-11,15H,3-6,9H2,1-2H3. The van der Waals surface area contributed by atoms with Crippen LogP contribution in [-0.2, 0) is 19.6 Å². The van der Waals surface area contributed by atoms with E-state index < -0.39 is 0 Å². The molecule has 0 aliphatic carbocycles. The first-order chi connectivity index (χ1) is 10.2. The van der Waals surface area contributed by atoms with Crippen molar-refractivity contribution in [2.45, 2.75) is 33.5 Å². The fourth-order valence-corrected chi connectivity index (χ4v) is 2.35. The van der Waals surface area contributed by atoms with Gasteiger partial charge in [-0.1, -0.05) is 13.8 Å². The van der Waals surface area contributed by atoms with Crippen LogP contribution in [0.15, 0.2) is 18.7 Å². The maximum atomic E-state index is 4.52. The van der Waals surface area contributed by atoms with E-state index in [4.69, 9.17) is 0 Å². The molecule has 0 atom stereocenters. The summed E-state index contributed by atoms with van der Waals surface area (Å²) in [6.07, 6.45) is 5.47. The van der Waals surface area contributed by atoms with Crippen molar-refractivity contribution in [3.05, 3.63) is 30.2 Å². The molecular weight excluding hydrogens is 266 g/mol. The molecule has 0 saturated heterocycles. The summed E-state index contributed by atoms with van der Waals surface area (Å²) in [4.78, 5) is 11.2. The molecule has 0 unspecified atom stereocenters. The lowest BCUT2D eigenvalue weighted by molar-refractivity contribution is 0.545. The average Bonchev–Trinajstić information content (AvgIpc) is 2.95. The van der Waals surface area contributed by atoms with Crippen LogP contribution in [0, 0.1) is 5.92 Å². The van der Waals surface area contributed by atoms with Crippen LogP contribution in [0.1, 0.15) is 25.4 Å². The van der Waals surface area contributed by atoms with E-state index in [1.807, 2.05) is 12.4 Å². The SMILES string of the molecule is CC(C)CNCc1cnc(N2CCn3cnnc3C2)cn1. The Bertz CT molecular complexity index is 575. The number of anilines is 1. The van der Waals surface area contributed by atoms with Crippen LogP contribution in [0.3, 0.4) is 0 Å². The van der Waals surface area contributed by atoms with Crippen LogP contribution in [0.5, 0.6) is 0 Å². The minimum Gasteiger partial charge on any atom is -0.346 e. The van der Waals surface area contributed by atoms with E-state index in [1.165, 1.54) is 0 Å². The molecule has 0 spiro atoms. The van der Waals surface area contributed by atoms with Crippen molar-refractivity contribution in [1.82, 2.24) is 30.0 Å². The van der Waals surface area contributed by atoms with Gasteiger partial charge in [-0.05, 0) is 12.5 Å². The molecule has 1 aliphatic heterocycles. The first-order valence-corrected chi connectivity index (χ1v) is 7.35. The minimum absolute atomic E-state index is 0.642. The lowest BCUT2D eigenvalue weighted by Gasteiger charge is -2.27. The van der Waals surface area contributed by atoms with Gasteiger partial charge in [-0.3, -0.25) is 4.98 Å². The molecule has 0 radical (unpaired) electrons. The van der Waals surface area contributed by atoms with E-state index in [1.54, 1.807) is 6.33 Å². The fourth-order valence-electron chi connectivity index (χ4n) is 2.35. The third-order valence-corrected chi connectivity index (χ3v) is 3.51. The largest absolute Gasteiger partial charge is 0.346 e. The Morgan fingerprint density at radius 1 is 1.24 bits per heavy atom. The third kappa shape index (κ3) is 3.36. The summed E-state index contributed by atoms with van der Waals surface area (Å²) >= 11 is 0. The molecule has 1 N–H and O–H groups in total. The second-order valence-corrected chi connectivity index (χ2v) is 5.75. The van der Waals surface area contributed by atoms with Gasteiger partial charge in [-0.2, -0.15) is 0 Å². The minimum atomic E-state index is 0.642. The van der Waals surface area contributed by atoms with E-state index in [0.717, 1.165) is 50.1 Å². The number of nitrogens with one attached hydrogen (secondary N) is 1. The third-order valence-electron chi connectivity index (χ3n) is 3.51. The molecule has 0 fully saturated rings. The van der Waals surface area contributed by atoms with E-state index >= 15 is 0 Å². The van der Waals surface area contributed by atoms with Crippen molar-refractivity contribution in [2.75, 3.05) is 18.0 Å². The Morgan fingerprint density at radius 3 is 2.90 bits per heavy atom. The molecule has 7 nitrogen and oxygen atoms in total. The summed E-state index contributed by atoms with van der Waals surface area (Å²) in [6.45, 7) is 8.67. The number of fused-ring (bicyclic) bond motifs is 1. The van der Waals surface area contributed by atoms with Crippen LogP contribution >= 0.6 is 0 Å². The van der Waals surface area contributed by atoms with Crippen molar-refractivity contribution in [1.29, 1.82) is 0 Å². The second-order valence-electron chi connectivity index (χ2n) is 5.75. The zero-order valence-corrected chi connectivity index (χ0v) is 12.5. The maximum absolute atomic E-state index is 4.52. The Hall–Kier alpha value is -2.02. The predicted molar refractivity (Wildman–Crippen MR) is 79.6 cm³/mol. The smallest absolute Gasteiger partial charge is 0.152 e. The van der Waals surface area contributed by atoms with Gasteiger partial charge in [0.1, 0.15) is 12.1 Å². The van der Waals surface area contributed by atoms with Crippen LogP contribution in [0.25, 0.3) is 0 Å². The Balaban J connectivity index is 1.60. The molecule has 1 aliphatic rings. The van der Waals surface area contributed by atoms with E-state index in [2.05, 4.69) is 48.8 Å². The normalized spacial score (nSPS) is 14.5. The van der Waals surface area contributed by atoms with Crippen molar-refractivity contribution in [2.24, 2.45) is 5.92 Å². The average molecular weight is 287 g/mol. The number of aromatic nitrogens is 5. The van der Waals surface area contributed by atoms with Crippen molar-refractivity contribution in [3.63, 3.8) is 0 Å². The summed E-state index contributed by atoms with van der Waals surface area (Å²) in [5, 5.41) is 11.4. The molecule has 0 aromatic carbocycles. The Morgan fingerprint density at radius 2 is 2.14 bits per heavy atom. The van der Waals surface area contributed by atoms with E-state index in [-0.39, 0.29) is 0 Å². The summed E-state index contributed by atoms with van der Waals surface area (Å²) in [6, 6.07) is 0. The molecule has 0 saturated carbocycles. The molecule has 21 heavy (non-hydrogen) atoms. The van der Waals surface area contributed by atoms with Crippen LogP contribution in [-0.4, -0.2) is 37.8 Å². The van der Waals surface area contributed by atoms with Gasteiger partial charge in [0.15, 0.2) is 5.82 Å². The fraction of sp³-hybridized carbons (Fsp3) is 0.571. The van der Waals surface area contributed by atoms with Gasteiger partial charge in [0, 0.05) is 19.6 Å². The van der Waals surface area contributed by atoms with Gasteiger partial charge in [0.25, 0.3) is 0 Å². The van der Waals surface area contributed by atoms with Crippen molar-refractivity contribution < 1.29 is 0 Å². The highest BCUT2D eigenvalue weighted by atomic mass is 15.3. The van der Waals surface area contributed by atoms with Crippen LogP contribution < -0.4 is 10.2 Å². The molecule has 0 amide bonds. The molecule has 3 rings (SSSR count). The van der Waals surface area contributed by atoms with Gasteiger partial charge in [0.2, 0.25) is 0 Å². The molecular formula is C14H21N7. The molecule has 2 aromatic rings.